The van der Waals surface area contributed by atoms with Crippen LogP contribution in [0.4, 0.5) is 4.39 Å². The van der Waals surface area contributed by atoms with Crippen LogP contribution in [0, 0.1) is 88.9 Å². The molecule has 7 heteroatoms. The average Bonchev–Trinajstić information content (AvgIpc) is 0.965. The van der Waals surface area contributed by atoms with Crippen molar-refractivity contribution in [3.05, 3.63) is 461 Å². The fourth-order valence-electron chi connectivity index (χ4n) is 23.7. The van der Waals surface area contributed by atoms with Gasteiger partial charge in [0.1, 0.15) is 22.4 Å². The van der Waals surface area contributed by atoms with E-state index in [4.69, 9.17) is 28.2 Å². The standard InChI is InChI=1S/C49H35NO.C45H32FNO.C45H33NO/c1-28-12-17-35(30(3)24-28)39-19-14-33-15-20-41-43(36-18-13-29(2)25-31(36)4)27-44(42-22-21-40(39)47(33)48(41)42)49-50-45-26-34(16-23-46(45)51-49)38-11-7-9-32-8-5-6-10-37(32)38;1-25-5-14-33(27(3)21-25)35-16-9-30-10-17-37-39(34-15-6-26(2)22-28(34)4)24-40(38-19-18-36(35)43(30)44(37)38)45-47-41-23-31(11-20-42(41)48-45)29-7-12-32(46)13-8-29;1-26-10-15-33(28(3)22-26)35-17-12-31-13-18-37-39(34-16-11-27(2)23-29(34)4)25-40(38-20-19-36(35)43(31)44(37)38)45-46-41-24-32(14-21-42(41)47-45)30-8-6-5-7-9-30/h5-27H,1-4H3;5-24H,1-4H3;5-25H,1-4H3. The maximum Gasteiger partial charge on any atom is 0.227 e. The highest BCUT2D eigenvalue weighted by molar-refractivity contribution is 6.33. The minimum Gasteiger partial charge on any atom is -0.436 e. The van der Waals surface area contributed by atoms with Gasteiger partial charge in [-0.1, -0.05) is 355 Å². The van der Waals surface area contributed by atoms with Crippen molar-refractivity contribution in [2.45, 2.75) is 83.1 Å². The van der Waals surface area contributed by atoms with E-state index in [0.717, 1.165) is 88.4 Å². The van der Waals surface area contributed by atoms with Crippen LogP contribution in [0.1, 0.15) is 66.8 Å². The normalized spacial score (nSPS) is 11.9. The van der Waals surface area contributed by atoms with Crippen molar-refractivity contribution in [2.24, 2.45) is 0 Å². The molecule has 0 saturated heterocycles. The Morgan fingerprint density at radius 1 is 0.164 bits per heavy atom. The molecule has 0 bridgehead atoms. The molecule has 0 amide bonds. The fourth-order valence-corrected chi connectivity index (χ4v) is 23.7. The first-order valence-electron chi connectivity index (χ1n) is 50.4. The van der Waals surface area contributed by atoms with Gasteiger partial charge in [0.25, 0.3) is 0 Å². The van der Waals surface area contributed by atoms with E-state index in [1.165, 1.54) is 243 Å². The number of benzene rings is 25. The predicted octanol–water partition coefficient (Wildman–Crippen LogP) is 39.2. The number of aromatic nitrogens is 3. The molecule has 6 nitrogen and oxygen atoms in total. The number of rotatable bonds is 12. The highest BCUT2D eigenvalue weighted by Crippen LogP contribution is 2.53. The van der Waals surface area contributed by atoms with Crippen LogP contribution in [-0.4, -0.2) is 15.0 Å². The molecule has 3 heterocycles. The summed E-state index contributed by atoms with van der Waals surface area (Å²) in [6.45, 7) is 26.2. The molecule has 28 aromatic rings. The number of nitrogens with zero attached hydrogens (tertiary/aromatic N) is 3. The van der Waals surface area contributed by atoms with Gasteiger partial charge in [-0.05, 0) is 391 Å². The first-order valence-corrected chi connectivity index (χ1v) is 50.4. The summed E-state index contributed by atoms with van der Waals surface area (Å²) in [4.78, 5) is 15.4. The van der Waals surface area contributed by atoms with E-state index >= 15 is 0 Å². The Morgan fingerprint density at radius 2 is 0.432 bits per heavy atom. The van der Waals surface area contributed by atoms with Gasteiger partial charge in [-0.25, -0.2) is 19.3 Å². The van der Waals surface area contributed by atoms with Gasteiger partial charge < -0.3 is 13.3 Å². The molecule has 0 aliphatic heterocycles. The number of fused-ring (bicyclic) bond motifs is 4. The lowest BCUT2D eigenvalue weighted by Crippen LogP contribution is -1.94. The minimum atomic E-state index is -0.252. The van der Waals surface area contributed by atoms with Gasteiger partial charge in [-0.2, -0.15) is 0 Å². The van der Waals surface area contributed by atoms with E-state index in [1.54, 1.807) is 12.1 Å². The number of aryl methyl sites for hydroxylation is 12. The van der Waals surface area contributed by atoms with E-state index in [2.05, 4.69) is 417 Å². The van der Waals surface area contributed by atoms with Crippen LogP contribution in [0.3, 0.4) is 0 Å². The molecule has 0 N–H and O–H groups in total. The molecular weight excluding hydrogens is 1780 g/mol. The maximum absolute atomic E-state index is 13.6. The van der Waals surface area contributed by atoms with Gasteiger partial charge in [-0.15, -0.1) is 0 Å². The molecule has 0 saturated carbocycles. The highest BCUT2D eigenvalue weighted by Gasteiger charge is 2.29. The van der Waals surface area contributed by atoms with Crippen LogP contribution in [0.2, 0.25) is 0 Å². The van der Waals surface area contributed by atoms with Crippen molar-refractivity contribution in [1.82, 2.24) is 15.0 Å². The first kappa shape index (κ1) is 88.4. The lowest BCUT2D eigenvalue weighted by molar-refractivity contribution is 0.620. The van der Waals surface area contributed by atoms with Crippen molar-refractivity contribution < 1.29 is 17.6 Å². The summed E-state index contributed by atoms with van der Waals surface area (Å²) in [6.07, 6.45) is 0. The lowest BCUT2D eigenvalue weighted by atomic mass is 9.84. The molecule has 0 unspecified atom stereocenters. The average molecular weight is 1880 g/mol. The molecule has 25 aromatic carbocycles. The van der Waals surface area contributed by atoms with E-state index in [1.807, 2.05) is 30.3 Å². The quantitative estimate of drug-likeness (QED) is 0.113. The second-order valence-electron chi connectivity index (χ2n) is 40.4. The summed E-state index contributed by atoms with van der Waals surface area (Å²) < 4.78 is 33.4. The van der Waals surface area contributed by atoms with E-state index in [0.29, 0.717) is 23.3 Å². The van der Waals surface area contributed by atoms with Gasteiger partial charge in [0.15, 0.2) is 16.7 Å². The first-order chi connectivity index (χ1) is 71.1. The second-order valence-corrected chi connectivity index (χ2v) is 40.4. The molecule has 0 aliphatic rings. The smallest absolute Gasteiger partial charge is 0.227 e. The van der Waals surface area contributed by atoms with Crippen LogP contribution in [0.15, 0.2) is 401 Å². The third-order valence-corrected chi connectivity index (χ3v) is 30.6. The molecule has 28 rings (SSSR count). The molecule has 146 heavy (non-hydrogen) atoms. The lowest BCUT2D eigenvalue weighted by Gasteiger charge is -2.19. The van der Waals surface area contributed by atoms with Crippen LogP contribution in [0.25, 0.3) is 276 Å². The molecule has 0 aliphatic carbocycles. The van der Waals surface area contributed by atoms with Gasteiger partial charge in [-0.3, -0.25) is 0 Å². The molecule has 696 valence electrons. The third-order valence-electron chi connectivity index (χ3n) is 30.6. The molecule has 0 spiro atoms. The van der Waals surface area contributed by atoms with E-state index in [-0.39, 0.29) is 5.82 Å². The zero-order chi connectivity index (χ0) is 98.9. The van der Waals surface area contributed by atoms with Crippen molar-refractivity contribution in [3.63, 3.8) is 0 Å². The second kappa shape index (κ2) is 34.8. The van der Waals surface area contributed by atoms with Crippen molar-refractivity contribution in [3.8, 4) is 135 Å². The summed E-state index contributed by atoms with van der Waals surface area (Å²) >= 11 is 0. The zero-order valence-electron chi connectivity index (χ0n) is 83.4. The Labute approximate surface area is 846 Å². The summed E-state index contributed by atoms with van der Waals surface area (Å²) in [7, 11) is 0. The third kappa shape index (κ3) is 15.0. The monoisotopic (exact) mass is 1880 g/mol. The largest absolute Gasteiger partial charge is 0.436 e. The summed E-state index contributed by atoms with van der Waals surface area (Å²) in [5.74, 6) is 1.61. The minimum absolute atomic E-state index is 0.252. The van der Waals surface area contributed by atoms with Crippen LogP contribution in [-0.2, 0) is 0 Å². The fraction of sp³-hybridized carbons (Fsp3) is 0.0863. The number of hydrogen-bond donors (Lipinski definition) is 0. The van der Waals surface area contributed by atoms with Gasteiger partial charge in [0, 0.05) is 16.7 Å². The molecule has 0 radical (unpaired) electrons. The number of oxazole rings is 3. The van der Waals surface area contributed by atoms with Crippen LogP contribution in [0.5, 0.6) is 0 Å². The Hall–Kier alpha value is -17.8. The number of hydrogen-bond acceptors (Lipinski definition) is 6. The Bertz CT molecular complexity index is 10200. The summed E-state index contributed by atoms with van der Waals surface area (Å²) in [5.41, 5.74) is 44.2. The highest BCUT2D eigenvalue weighted by atomic mass is 19.1. The Morgan fingerprint density at radius 3 is 0.781 bits per heavy atom. The molecular formula is C139H100FN3O3. The van der Waals surface area contributed by atoms with E-state index < -0.39 is 0 Å². The Balaban J connectivity index is 0.000000111. The van der Waals surface area contributed by atoms with Crippen LogP contribution >= 0.6 is 0 Å². The van der Waals surface area contributed by atoms with Crippen molar-refractivity contribution >= 4 is 141 Å². The topological polar surface area (TPSA) is 78.1 Å². The SMILES string of the molecule is Cc1ccc(-c2ccc3ccc4c(-c5ccc(C)cc5C)cc(-c5nc6cc(-c7ccc(F)cc7)ccc6o5)c5ccc2c3c54)c(C)c1.Cc1ccc(-c2ccc3ccc4c(-c5ccc(C)cc5C)cc(-c5nc6cc(-c7cccc8ccccc78)ccc6o5)c5ccc2c3c54)c(C)c1.Cc1ccc(-c2ccc3ccc4c(-c5ccc(C)cc5C)cc(-c5nc6cc(-c7ccccc7)ccc6o5)c5ccc2c3c54)c(C)c1. The van der Waals surface area contributed by atoms with Gasteiger partial charge in [0.05, 0.1) is 0 Å². The summed E-state index contributed by atoms with van der Waals surface area (Å²) in [6, 6.07) is 139. The van der Waals surface area contributed by atoms with E-state index in [9.17, 15) is 4.39 Å². The molecule has 0 fully saturated rings. The van der Waals surface area contributed by atoms with Gasteiger partial charge >= 0.3 is 0 Å². The molecule has 0 atom stereocenters. The summed E-state index contributed by atoms with van der Waals surface area (Å²) in [5, 5.41) is 24.6. The number of halogens is 1. The Kier molecular flexibility index (Phi) is 21.1. The molecule has 3 aromatic heterocycles. The van der Waals surface area contributed by atoms with Gasteiger partial charge in [0.2, 0.25) is 17.7 Å². The predicted molar refractivity (Wildman–Crippen MR) is 613 cm³/mol. The zero-order valence-corrected chi connectivity index (χ0v) is 83.4. The van der Waals surface area contributed by atoms with Crippen molar-refractivity contribution in [2.75, 3.05) is 0 Å². The van der Waals surface area contributed by atoms with Crippen LogP contribution < -0.4 is 0 Å². The maximum atomic E-state index is 13.6. The van der Waals surface area contributed by atoms with Crippen molar-refractivity contribution in [1.29, 1.82) is 0 Å².